The SMILES string of the molecule is c1ccc(C2(N[C@@H]3CCCSC3)CC2)cc1. The lowest BCUT2D eigenvalue weighted by atomic mass is 10.0. The molecule has 0 aromatic heterocycles. The lowest BCUT2D eigenvalue weighted by Gasteiger charge is -2.28. The van der Waals surface area contributed by atoms with Crippen molar-refractivity contribution in [3.63, 3.8) is 0 Å². The van der Waals surface area contributed by atoms with Crippen LogP contribution in [0.25, 0.3) is 0 Å². The molecule has 1 aliphatic carbocycles. The second-order valence-electron chi connectivity index (χ2n) is 5.01. The minimum Gasteiger partial charge on any atom is -0.304 e. The van der Waals surface area contributed by atoms with E-state index in [-0.39, 0.29) is 0 Å². The molecule has 1 saturated carbocycles. The van der Waals surface area contributed by atoms with Crippen LogP contribution in [0.1, 0.15) is 31.2 Å². The Hall–Kier alpha value is -0.470. The summed E-state index contributed by atoms with van der Waals surface area (Å²) in [5, 5.41) is 3.90. The molecule has 2 fully saturated rings. The van der Waals surface area contributed by atoms with Crippen molar-refractivity contribution < 1.29 is 0 Å². The Morgan fingerprint density at radius 2 is 2.00 bits per heavy atom. The molecule has 1 aromatic rings. The van der Waals surface area contributed by atoms with E-state index in [0.717, 1.165) is 6.04 Å². The van der Waals surface area contributed by atoms with E-state index in [9.17, 15) is 0 Å². The van der Waals surface area contributed by atoms with Crippen LogP contribution in [-0.4, -0.2) is 17.5 Å². The van der Waals surface area contributed by atoms with Gasteiger partial charge in [-0.1, -0.05) is 30.3 Å². The van der Waals surface area contributed by atoms with Crippen LogP contribution < -0.4 is 5.32 Å². The molecule has 2 heteroatoms. The minimum atomic E-state index is 0.337. The van der Waals surface area contributed by atoms with Crippen LogP contribution in [0.4, 0.5) is 0 Å². The van der Waals surface area contributed by atoms with Crippen molar-refractivity contribution in [1.29, 1.82) is 0 Å². The molecular formula is C14H19NS. The van der Waals surface area contributed by atoms with Gasteiger partial charge < -0.3 is 5.32 Å². The van der Waals surface area contributed by atoms with Gasteiger partial charge in [0.1, 0.15) is 0 Å². The summed E-state index contributed by atoms with van der Waals surface area (Å²) in [6.45, 7) is 0. The Kier molecular flexibility index (Phi) is 2.95. The summed E-state index contributed by atoms with van der Waals surface area (Å²) in [5.41, 5.74) is 1.83. The summed E-state index contributed by atoms with van der Waals surface area (Å²) < 4.78 is 0. The smallest absolute Gasteiger partial charge is 0.0438 e. The van der Waals surface area contributed by atoms with Gasteiger partial charge in [-0.3, -0.25) is 0 Å². The largest absolute Gasteiger partial charge is 0.304 e. The summed E-state index contributed by atoms with van der Waals surface area (Å²) in [5.74, 6) is 2.66. The van der Waals surface area contributed by atoms with Gasteiger partial charge in [0.15, 0.2) is 0 Å². The van der Waals surface area contributed by atoms with E-state index in [1.54, 1.807) is 0 Å². The summed E-state index contributed by atoms with van der Waals surface area (Å²) in [6, 6.07) is 11.7. The quantitative estimate of drug-likeness (QED) is 0.860. The fourth-order valence-corrected chi connectivity index (χ4v) is 3.72. The molecule has 1 aliphatic heterocycles. The van der Waals surface area contributed by atoms with Crippen LogP contribution in [0, 0.1) is 0 Å². The van der Waals surface area contributed by atoms with E-state index in [0.29, 0.717) is 5.54 Å². The average Bonchev–Trinajstić information content (AvgIpc) is 3.13. The first-order valence-corrected chi connectivity index (χ1v) is 7.46. The summed E-state index contributed by atoms with van der Waals surface area (Å²) in [4.78, 5) is 0. The van der Waals surface area contributed by atoms with Gasteiger partial charge >= 0.3 is 0 Å². The van der Waals surface area contributed by atoms with Gasteiger partial charge in [0.2, 0.25) is 0 Å². The van der Waals surface area contributed by atoms with Gasteiger partial charge in [0.25, 0.3) is 0 Å². The van der Waals surface area contributed by atoms with Crippen LogP contribution in [0.2, 0.25) is 0 Å². The second kappa shape index (κ2) is 4.42. The third-order valence-electron chi connectivity index (χ3n) is 3.72. The van der Waals surface area contributed by atoms with Crippen molar-refractivity contribution in [3.05, 3.63) is 35.9 Å². The highest BCUT2D eigenvalue weighted by atomic mass is 32.2. The third-order valence-corrected chi connectivity index (χ3v) is 4.93. The zero-order chi connectivity index (χ0) is 10.8. The normalized spacial score (nSPS) is 27.6. The summed E-state index contributed by atoms with van der Waals surface area (Å²) in [7, 11) is 0. The van der Waals surface area contributed by atoms with E-state index in [1.807, 2.05) is 0 Å². The van der Waals surface area contributed by atoms with Crippen molar-refractivity contribution in [3.8, 4) is 0 Å². The van der Waals surface area contributed by atoms with Crippen molar-refractivity contribution in [2.45, 2.75) is 37.3 Å². The number of nitrogens with one attached hydrogen (secondary N) is 1. The molecule has 2 aliphatic rings. The number of rotatable bonds is 3. The molecule has 3 rings (SSSR count). The average molecular weight is 233 g/mol. The Morgan fingerprint density at radius 1 is 1.19 bits per heavy atom. The van der Waals surface area contributed by atoms with Crippen molar-refractivity contribution in [2.75, 3.05) is 11.5 Å². The van der Waals surface area contributed by atoms with E-state index in [2.05, 4.69) is 47.4 Å². The van der Waals surface area contributed by atoms with E-state index in [4.69, 9.17) is 0 Å². The van der Waals surface area contributed by atoms with Gasteiger partial charge in [-0.05, 0) is 37.0 Å². The number of hydrogen-bond donors (Lipinski definition) is 1. The maximum atomic E-state index is 3.90. The Balaban J connectivity index is 1.69. The van der Waals surface area contributed by atoms with Crippen molar-refractivity contribution >= 4 is 11.8 Å². The Labute approximate surface area is 102 Å². The Bertz CT molecular complexity index is 339. The van der Waals surface area contributed by atoms with Crippen LogP contribution in [-0.2, 0) is 5.54 Å². The van der Waals surface area contributed by atoms with Crippen molar-refractivity contribution in [1.82, 2.24) is 5.32 Å². The second-order valence-corrected chi connectivity index (χ2v) is 6.16. The van der Waals surface area contributed by atoms with Crippen LogP contribution in [0.15, 0.2) is 30.3 Å². The predicted molar refractivity (Wildman–Crippen MR) is 70.8 cm³/mol. The molecule has 16 heavy (non-hydrogen) atoms. The molecule has 1 saturated heterocycles. The van der Waals surface area contributed by atoms with E-state index >= 15 is 0 Å². The standard InChI is InChI=1S/C14H19NS/c1-2-5-12(6-3-1)14(8-9-14)15-13-7-4-10-16-11-13/h1-3,5-6,13,15H,4,7-11H2/t13-/m1/s1. The topological polar surface area (TPSA) is 12.0 Å². The summed E-state index contributed by atoms with van der Waals surface area (Å²) in [6.07, 6.45) is 5.38. The minimum absolute atomic E-state index is 0.337. The van der Waals surface area contributed by atoms with Gasteiger partial charge in [0.05, 0.1) is 0 Å². The van der Waals surface area contributed by atoms with Gasteiger partial charge in [-0.2, -0.15) is 11.8 Å². The number of hydrogen-bond acceptors (Lipinski definition) is 2. The molecule has 0 amide bonds. The van der Waals surface area contributed by atoms with Crippen molar-refractivity contribution in [2.24, 2.45) is 0 Å². The van der Waals surface area contributed by atoms with Gasteiger partial charge in [0, 0.05) is 17.3 Å². The zero-order valence-corrected chi connectivity index (χ0v) is 10.4. The monoisotopic (exact) mass is 233 g/mol. The lowest BCUT2D eigenvalue weighted by molar-refractivity contribution is 0.418. The van der Waals surface area contributed by atoms with E-state index < -0.39 is 0 Å². The number of benzene rings is 1. The van der Waals surface area contributed by atoms with Crippen LogP contribution >= 0.6 is 11.8 Å². The molecule has 0 spiro atoms. The molecule has 1 nitrogen and oxygen atoms in total. The highest BCUT2D eigenvalue weighted by Gasteiger charge is 2.45. The molecule has 0 radical (unpaired) electrons. The predicted octanol–water partition coefficient (Wildman–Crippen LogP) is 3.16. The maximum Gasteiger partial charge on any atom is 0.0438 e. The molecule has 1 atom stereocenters. The zero-order valence-electron chi connectivity index (χ0n) is 9.61. The molecule has 0 bridgehead atoms. The molecule has 0 unspecified atom stereocenters. The molecular weight excluding hydrogens is 214 g/mol. The fourth-order valence-electron chi connectivity index (χ4n) is 2.64. The fraction of sp³-hybridized carbons (Fsp3) is 0.571. The van der Waals surface area contributed by atoms with Crippen LogP contribution in [0.5, 0.6) is 0 Å². The highest BCUT2D eigenvalue weighted by Crippen LogP contribution is 2.46. The first-order chi connectivity index (χ1) is 7.89. The van der Waals surface area contributed by atoms with Crippen LogP contribution in [0.3, 0.4) is 0 Å². The molecule has 1 heterocycles. The highest BCUT2D eigenvalue weighted by molar-refractivity contribution is 7.99. The maximum absolute atomic E-state index is 3.90. The summed E-state index contributed by atoms with van der Waals surface area (Å²) >= 11 is 2.10. The molecule has 1 N–H and O–H groups in total. The first kappa shape index (κ1) is 10.7. The molecule has 86 valence electrons. The van der Waals surface area contributed by atoms with Gasteiger partial charge in [-0.25, -0.2) is 0 Å². The first-order valence-electron chi connectivity index (χ1n) is 6.30. The Morgan fingerprint density at radius 3 is 2.62 bits per heavy atom. The third kappa shape index (κ3) is 2.14. The lowest BCUT2D eigenvalue weighted by Crippen LogP contribution is -2.41. The van der Waals surface area contributed by atoms with Gasteiger partial charge in [-0.15, -0.1) is 0 Å². The molecule has 1 aromatic carbocycles. The van der Waals surface area contributed by atoms with E-state index in [1.165, 1.54) is 42.8 Å². The number of thioether (sulfide) groups is 1.